The van der Waals surface area contributed by atoms with E-state index in [0.29, 0.717) is 34.1 Å². The normalized spacial score (nSPS) is 36.4. The molecule has 0 aliphatic heterocycles. The first-order valence-corrected chi connectivity index (χ1v) is 14.9. The summed E-state index contributed by atoms with van der Waals surface area (Å²) in [5.41, 5.74) is 5.71. The van der Waals surface area contributed by atoms with E-state index in [-0.39, 0.29) is 0 Å². The summed E-state index contributed by atoms with van der Waals surface area (Å²) in [6.07, 6.45) is 18.0. The third kappa shape index (κ3) is 4.31. The molecular formula is C34H48O2. The SMILES string of the molecule is CC(C)CCCC(C)C1CC=C2C3=CCC4CC(c5ccccc5C(=O)O)CCC4(C)C3CCC21C. The lowest BCUT2D eigenvalue weighted by Gasteiger charge is -2.57. The first-order valence-electron chi connectivity index (χ1n) is 14.9. The summed E-state index contributed by atoms with van der Waals surface area (Å²) in [6, 6.07) is 7.74. The van der Waals surface area contributed by atoms with E-state index in [1.807, 2.05) is 12.1 Å². The average Bonchev–Trinajstić information content (AvgIpc) is 3.20. The van der Waals surface area contributed by atoms with Crippen molar-refractivity contribution in [3.8, 4) is 0 Å². The van der Waals surface area contributed by atoms with Crippen molar-refractivity contribution in [3.05, 3.63) is 58.7 Å². The Morgan fingerprint density at radius 2 is 1.81 bits per heavy atom. The average molecular weight is 489 g/mol. The van der Waals surface area contributed by atoms with Crippen molar-refractivity contribution in [2.45, 2.75) is 105 Å². The van der Waals surface area contributed by atoms with Crippen molar-refractivity contribution in [3.63, 3.8) is 0 Å². The molecule has 36 heavy (non-hydrogen) atoms. The van der Waals surface area contributed by atoms with E-state index in [0.717, 1.165) is 42.6 Å². The molecule has 2 heteroatoms. The molecule has 1 aromatic rings. The van der Waals surface area contributed by atoms with Crippen LogP contribution in [0, 0.1) is 40.4 Å². The molecule has 0 amide bonds. The zero-order valence-electron chi connectivity index (χ0n) is 23.4. The fourth-order valence-corrected chi connectivity index (χ4v) is 9.18. The minimum Gasteiger partial charge on any atom is -0.478 e. The Hall–Kier alpha value is -1.83. The van der Waals surface area contributed by atoms with Crippen LogP contribution in [-0.4, -0.2) is 11.1 Å². The summed E-state index contributed by atoms with van der Waals surface area (Å²) >= 11 is 0. The van der Waals surface area contributed by atoms with Gasteiger partial charge in [-0.1, -0.05) is 84.2 Å². The van der Waals surface area contributed by atoms with Gasteiger partial charge in [-0.15, -0.1) is 0 Å². The second-order valence-electron chi connectivity index (χ2n) is 13.7. The molecule has 7 atom stereocenters. The van der Waals surface area contributed by atoms with Gasteiger partial charge < -0.3 is 5.11 Å². The summed E-state index contributed by atoms with van der Waals surface area (Å²) < 4.78 is 0. The topological polar surface area (TPSA) is 37.3 Å². The van der Waals surface area contributed by atoms with Crippen LogP contribution in [0.5, 0.6) is 0 Å². The Bertz CT molecular complexity index is 1050. The highest BCUT2D eigenvalue weighted by atomic mass is 16.4. The van der Waals surface area contributed by atoms with E-state index in [1.54, 1.807) is 17.2 Å². The quantitative estimate of drug-likeness (QED) is 0.415. The van der Waals surface area contributed by atoms with Gasteiger partial charge in [-0.25, -0.2) is 4.79 Å². The van der Waals surface area contributed by atoms with Crippen LogP contribution in [0.15, 0.2) is 47.6 Å². The van der Waals surface area contributed by atoms with Crippen LogP contribution in [0.1, 0.15) is 121 Å². The van der Waals surface area contributed by atoms with Gasteiger partial charge in [0.05, 0.1) is 5.56 Å². The Balaban J connectivity index is 1.33. The standard InChI is InChI=1S/C34H48O2/c1-22(2)9-8-10-23(3)29-15-16-30-28-14-13-25-21-24(26-11-6-7-12-27(26)32(35)36)17-19-33(25,4)31(28)18-20-34(29,30)5/h6-7,11-12,14,16,22-25,29,31H,8-10,13,15,17-21H2,1-5H3,(H,35,36). The molecule has 0 aromatic heterocycles. The van der Waals surface area contributed by atoms with Crippen molar-refractivity contribution in [2.75, 3.05) is 0 Å². The molecule has 0 saturated heterocycles. The van der Waals surface area contributed by atoms with Gasteiger partial charge in [0.1, 0.15) is 0 Å². The van der Waals surface area contributed by atoms with Gasteiger partial charge in [0.25, 0.3) is 0 Å². The highest BCUT2D eigenvalue weighted by Crippen LogP contribution is 2.66. The highest BCUT2D eigenvalue weighted by Gasteiger charge is 2.55. The number of hydrogen-bond acceptors (Lipinski definition) is 1. The zero-order valence-corrected chi connectivity index (χ0v) is 23.4. The predicted molar refractivity (Wildman–Crippen MR) is 149 cm³/mol. The first kappa shape index (κ1) is 25.8. The van der Waals surface area contributed by atoms with Crippen molar-refractivity contribution >= 4 is 5.97 Å². The van der Waals surface area contributed by atoms with Crippen molar-refractivity contribution in [1.29, 1.82) is 0 Å². The van der Waals surface area contributed by atoms with Gasteiger partial charge in [-0.05, 0) is 114 Å². The number of aromatic carboxylic acids is 1. The number of carbonyl (C=O) groups is 1. The van der Waals surface area contributed by atoms with Gasteiger partial charge in [0, 0.05) is 0 Å². The van der Waals surface area contributed by atoms with E-state index in [1.165, 1.54) is 44.9 Å². The molecule has 2 fully saturated rings. The van der Waals surface area contributed by atoms with E-state index < -0.39 is 5.97 Å². The molecule has 2 nitrogen and oxygen atoms in total. The number of carboxylic acid groups (broad SMARTS) is 1. The number of rotatable bonds is 7. The fraction of sp³-hybridized carbons (Fsp3) is 0.676. The third-order valence-electron chi connectivity index (χ3n) is 11.4. The van der Waals surface area contributed by atoms with Crippen LogP contribution >= 0.6 is 0 Å². The molecule has 196 valence electrons. The molecule has 0 bridgehead atoms. The van der Waals surface area contributed by atoms with Crippen molar-refractivity contribution in [2.24, 2.45) is 40.4 Å². The number of allylic oxidation sites excluding steroid dienone is 4. The number of benzene rings is 1. The molecule has 5 rings (SSSR count). The van der Waals surface area contributed by atoms with Crippen molar-refractivity contribution in [1.82, 2.24) is 0 Å². The summed E-state index contributed by atoms with van der Waals surface area (Å²) in [4.78, 5) is 11.9. The third-order valence-corrected chi connectivity index (χ3v) is 11.4. The monoisotopic (exact) mass is 488 g/mol. The van der Waals surface area contributed by atoms with E-state index in [4.69, 9.17) is 0 Å². The van der Waals surface area contributed by atoms with Crippen LogP contribution in [0.2, 0.25) is 0 Å². The van der Waals surface area contributed by atoms with Gasteiger partial charge >= 0.3 is 5.97 Å². The van der Waals surface area contributed by atoms with E-state index in [9.17, 15) is 9.90 Å². The van der Waals surface area contributed by atoms with Gasteiger partial charge in [-0.3, -0.25) is 0 Å². The molecular weight excluding hydrogens is 440 g/mol. The van der Waals surface area contributed by atoms with Crippen LogP contribution in [0.4, 0.5) is 0 Å². The van der Waals surface area contributed by atoms with Crippen LogP contribution < -0.4 is 0 Å². The summed E-state index contributed by atoms with van der Waals surface area (Å²) in [5.74, 6) is 3.35. The summed E-state index contributed by atoms with van der Waals surface area (Å²) in [7, 11) is 0. The Morgan fingerprint density at radius 1 is 1.03 bits per heavy atom. The lowest BCUT2D eigenvalue weighted by molar-refractivity contribution is 0.0172. The Labute approximate surface area is 219 Å². The second kappa shape index (κ2) is 9.80. The minimum absolute atomic E-state index is 0.349. The van der Waals surface area contributed by atoms with E-state index >= 15 is 0 Å². The number of fused-ring (bicyclic) bond motifs is 5. The van der Waals surface area contributed by atoms with Crippen LogP contribution in [-0.2, 0) is 0 Å². The number of hydrogen-bond donors (Lipinski definition) is 1. The van der Waals surface area contributed by atoms with Crippen molar-refractivity contribution < 1.29 is 9.90 Å². The lowest BCUT2D eigenvalue weighted by Crippen LogP contribution is -2.47. The van der Waals surface area contributed by atoms with Gasteiger partial charge in [0.15, 0.2) is 0 Å². The van der Waals surface area contributed by atoms with Gasteiger partial charge in [0.2, 0.25) is 0 Å². The lowest BCUT2D eigenvalue weighted by atomic mass is 9.48. The Kier molecular flexibility index (Phi) is 7.03. The second-order valence-corrected chi connectivity index (χ2v) is 13.7. The van der Waals surface area contributed by atoms with Crippen LogP contribution in [0.3, 0.4) is 0 Å². The fourth-order valence-electron chi connectivity index (χ4n) is 9.18. The maximum Gasteiger partial charge on any atom is 0.335 e. The maximum atomic E-state index is 11.9. The van der Waals surface area contributed by atoms with E-state index in [2.05, 4.69) is 52.8 Å². The zero-order chi connectivity index (χ0) is 25.7. The maximum absolute atomic E-state index is 11.9. The largest absolute Gasteiger partial charge is 0.478 e. The first-order chi connectivity index (χ1) is 17.1. The molecule has 0 radical (unpaired) electrons. The van der Waals surface area contributed by atoms with Gasteiger partial charge in [-0.2, -0.15) is 0 Å². The smallest absolute Gasteiger partial charge is 0.335 e. The molecule has 0 spiro atoms. The molecule has 4 aliphatic carbocycles. The molecule has 7 unspecified atom stereocenters. The predicted octanol–water partition coefficient (Wildman–Crippen LogP) is 9.43. The summed E-state index contributed by atoms with van der Waals surface area (Å²) in [6.45, 7) is 12.4. The molecule has 1 aromatic carbocycles. The number of carboxylic acids is 1. The summed E-state index contributed by atoms with van der Waals surface area (Å²) in [5, 5.41) is 9.76. The molecule has 4 aliphatic rings. The van der Waals surface area contributed by atoms with Crippen LogP contribution in [0.25, 0.3) is 0 Å². The highest BCUT2D eigenvalue weighted by molar-refractivity contribution is 5.89. The molecule has 1 N–H and O–H groups in total. The minimum atomic E-state index is -0.780. The Morgan fingerprint density at radius 3 is 2.56 bits per heavy atom. The molecule has 0 heterocycles. The molecule has 2 saturated carbocycles.